The van der Waals surface area contributed by atoms with Gasteiger partial charge in [-0.05, 0) is 44.0 Å². The molecule has 0 amide bonds. The number of aromatic nitrogens is 2. The molecule has 0 saturated heterocycles. The fourth-order valence-corrected chi connectivity index (χ4v) is 3.95. The topological polar surface area (TPSA) is 101 Å². The number of rotatable bonds is 4. The maximum Gasteiger partial charge on any atom is 0.241 e. The van der Waals surface area contributed by atoms with Crippen LogP contribution in [0.1, 0.15) is 29.7 Å². The first kappa shape index (κ1) is 14.5. The van der Waals surface area contributed by atoms with Gasteiger partial charge in [0.25, 0.3) is 0 Å². The molecular weight excluding hydrogens is 276 g/mol. The van der Waals surface area contributed by atoms with Gasteiger partial charge in [-0.25, -0.2) is 13.1 Å². The first-order chi connectivity index (χ1) is 9.31. The second kappa shape index (κ2) is 5.26. The summed E-state index contributed by atoms with van der Waals surface area (Å²) < 4.78 is 27.7. The monoisotopic (exact) mass is 294 g/mol. The molecular formula is C13H18N4O2S. The van der Waals surface area contributed by atoms with Crippen molar-refractivity contribution in [2.45, 2.75) is 31.7 Å². The molecule has 1 aromatic carbocycles. The van der Waals surface area contributed by atoms with E-state index in [9.17, 15) is 8.42 Å². The minimum Gasteiger partial charge on any atom is -0.399 e. The number of sulfonamides is 1. The third-order valence-electron chi connectivity index (χ3n) is 3.10. The van der Waals surface area contributed by atoms with Crippen LogP contribution in [-0.2, 0) is 10.0 Å². The van der Waals surface area contributed by atoms with E-state index in [4.69, 9.17) is 5.73 Å². The third kappa shape index (κ3) is 2.83. The molecule has 0 bridgehead atoms. The van der Waals surface area contributed by atoms with E-state index in [1.807, 2.05) is 0 Å². The summed E-state index contributed by atoms with van der Waals surface area (Å²) in [6.07, 6.45) is 3.26. The second-order valence-corrected chi connectivity index (χ2v) is 6.51. The number of hydrogen-bond acceptors (Lipinski definition) is 4. The van der Waals surface area contributed by atoms with Crippen LogP contribution < -0.4 is 10.5 Å². The van der Waals surface area contributed by atoms with E-state index in [1.54, 1.807) is 45.3 Å². The molecule has 6 nitrogen and oxygen atoms in total. The van der Waals surface area contributed by atoms with E-state index in [-0.39, 0.29) is 10.9 Å². The van der Waals surface area contributed by atoms with Crippen molar-refractivity contribution >= 4 is 15.7 Å². The van der Waals surface area contributed by atoms with Crippen LogP contribution in [-0.4, -0.2) is 18.6 Å². The molecule has 108 valence electrons. The first-order valence-electron chi connectivity index (χ1n) is 6.19. The third-order valence-corrected chi connectivity index (χ3v) is 4.95. The Balaban J connectivity index is 2.37. The van der Waals surface area contributed by atoms with Gasteiger partial charge >= 0.3 is 0 Å². The number of H-pyrrole nitrogens is 1. The lowest BCUT2D eigenvalue weighted by molar-refractivity contribution is 0.566. The van der Waals surface area contributed by atoms with Gasteiger partial charge in [-0.1, -0.05) is 0 Å². The molecule has 0 radical (unpaired) electrons. The maximum absolute atomic E-state index is 12.5. The molecule has 20 heavy (non-hydrogen) atoms. The van der Waals surface area contributed by atoms with Crippen LogP contribution in [0.3, 0.4) is 0 Å². The zero-order chi connectivity index (χ0) is 14.9. The Morgan fingerprint density at radius 2 is 1.90 bits per heavy atom. The summed E-state index contributed by atoms with van der Waals surface area (Å²) in [4.78, 5) is 0.280. The lowest BCUT2D eigenvalue weighted by Gasteiger charge is -2.16. The fraction of sp³-hybridized carbons (Fsp3) is 0.308. The first-order valence-corrected chi connectivity index (χ1v) is 7.67. The molecule has 1 aromatic heterocycles. The molecule has 1 unspecified atom stereocenters. The number of benzene rings is 1. The molecule has 2 aromatic rings. The lowest BCUT2D eigenvalue weighted by atomic mass is 10.1. The van der Waals surface area contributed by atoms with E-state index in [0.717, 1.165) is 5.56 Å². The molecule has 0 fully saturated rings. The van der Waals surface area contributed by atoms with Gasteiger partial charge in [-0.2, -0.15) is 5.10 Å². The highest BCUT2D eigenvalue weighted by atomic mass is 32.2. The van der Waals surface area contributed by atoms with Gasteiger partial charge < -0.3 is 5.73 Å². The zero-order valence-corrected chi connectivity index (χ0v) is 12.5. The van der Waals surface area contributed by atoms with Crippen molar-refractivity contribution in [1.29, 1.82) is 0 Å². The molecule has 0 aliphatic carbocycles. The summed E-state index contributed by atoms with van der Waals surface area (Å²) in [7, 11) is -3.61. The molecule has 1 heterocycles. The van der Waals surface area contributed by atoms with Crippen LogP contribution in [0.25, 0.3) is 0 Å². The average Bonchev–Trinajstić information content (AvgIpc) is 2.78. The highest BCUT2D eigenvalue weighted by molar-refractivity contribution is 7.89. The molecule has 2 rings (SSSR count). The second-order valence-electron chi connectivity index (χ2n) is 4.86. The number of nitrogens with one attached hydrogen (secondary N) is 2. The Labute approximate surface area is 118 Å². The van der Waals surface area contributed by atoms with Crippen molar-refractivity contribution < 1.29 is 8.42 Å². The average molecular weight is 294 g/mol. The molecule has 7 heteroatoms. The number of hydrogen-bond donors (Lipinski definition) is 3. The van der Waals surface area contributed by atoms with Gasteiger partial charge in [0.1, 0.15) is 0 Å². The van der Waals surface area contributed by atoms with Gasteiger partial charge in [0.05, 0.1) is 11.1 Å². The molecule has 0 spiro atoms. The summed E-state index contributed by atoms with van der Waals surface area (Å²) in [5.74, 6) is 0. The number of nitrogens with two attached hydrogens (primary N) is 1. The minimum atomic E-state index is -3.61. The molecule has 0 saturated carbocycles. The highest BCUT2D eigenvalue weighted by Crippen LogP contribution is 2.24. The van der Waals surface area contributed by atoms with Gasteiger partial charge in [0.15, 0.2) is 0 Å². The number of nitrogen functional groups attached to an aromatic ring is 1. The van der Waals surface area contributed by atoms with Crippen molar-refractivity contribution in [2.24, 2.45) is 0 Å². The maximum atomic E-state index is 12.5. The molecule has 0 aliphatic heterocycles. The van der Waals surface area contributed by atoms with Gasteiger partial charge in [0.2, 0.25) is 10.0 Å². The standard InChI is InChI=1S/C13H18N4O2S/c1-8-4-12(14)5-9(2)13(8)20(18,19)17-10(3)11-6-15-16-7-11/h4-7,10,17H,14H2,1-3H3,(H,15,16). The Morgan fingerprint density at radius 1 is 1.30 bits per heavy atom. The molecule has 1 atom stereocenters. The van der Waals surface area contributed by atoms with E-state index in [2.05, 4.69) is 14.9 Å². The number of aryl methyl sites for hydroxylation is 2. The smallest absolute Gasteiger partial charge is 0.241 e. The van der Waals surface area contributed by atoms with Crippen molar-refractivity contribution in [2.75, 3.05) is 5.73 Å². The van der Waals surface area contributed by atoms with Crippen LogP contribution in [0.4, 0.5) is 5.69 Å². The number of nitrogens with zero attached hydrogens (tertiary/aromatic N) is 1. The van der Waals surface area contributed by atoms with Crippen molar-refractivity contribution in [3.8, 4) is 0 Å². The van der Waals surface area contributed by atoms with E-state index in [1.165, 1.54) is 0 Å². The largest absolute Gasteiger partial charge is 0.399 e. The van der Waals surface area contributed by atoms with Crippen LogP contribution in [0.15, 0.2) is 29.4 Å². The summed E-state index contributed by atoms with van der Waals surface area (Å²) in [5.41, 5.74) is 8.32. The number of anilines is 1. The molecule has 4 N–H and O–H groups in total. The Hall–Kier alpha value is -1.86. The van der Waals surface area contributed by atoms with Gasteiger partial charge in [-0.15, -0.1) is 0 Å². The summed E-state index contributed by atoms with van der Waals surface area (Å²) in [5, 5.41) is 6.48. The van der Waals surface area contributed by atoms with Crippen molar-refractivity contribution in [3.63, 3.8) is 0 Å². The Morgan fingerprint density at radius 3 is 2.40 bits per heavy atom. The SMILES string of the molecule is Cc1cc(N)cc(C)c1S(=O)(=O)NC(C)c1cn[nH]c1. The fourth-order valence-electron chi connectivity index (χ4n) is 2.27. The van der Waals surface area contributed by atoms with Gasteiger partial charge in [-0.3, -0.25) is 5.10 Å². The Bertz CT molecular complexity index is 685. The van der Waals surface area contributed by atoms with Crippen LogP contribution in [0.2, 0.25) is 0 Å². The van der Waals surface area contributed by atoms with E-state index >= 15 is 0 Å². The zero-order valence-electron chi connectivity index (χ0n) is 11.6. The lowest BCUT2D eigenvalue weighted by Crippen LogP contribution is -2.28. The predicted octanol–water partition coefficient (Wildman–Crippen LogP) is 1.65. The van der Waals surface area contributed by atoms with E-state index < -0.39 is 10.0 Å². The normalized spacial score (nSPS) is 13.3. The predicted molar refractivity (Wildman–Crippen MR) is 77.7 cm³/mol. The quantitative estimate of drug-likeness (QED) is 0.746. The summed E-state index contributed by atoms with van der Waals surface area (Å²) >= 11 is 0. The van der Waals surface area contributed by atoms with Crippen LogP contribution >= 0.6 is 0 Å². The summed E-state index contributed by atoms with van der Waals surface area (Å²) in [6.45, 7) is 5.24. The summed E-state index contributed by atoms with van der Waals surface area (Å²) in [6, 6.07) is 2.95. The van der Waals surface area contributed by atoms with Crippen LogP contribution in [0, 0.1) is 13.8 Å². The van der Waals surface area contributed by atoms with Crippen molar-refractivity contribution in [3.05, 3.63) is 41.2 Å². The van der Waals surface area contributed by atoms with Crippen LogP contribution in [0.5, 0.6) is 0 Å². The highest BCUT2D eigenvalue weighted by Gasteiger charge is 2.23. The Kier molecular flexibility index (Phi) is 3.82. The minimum absolute atomic E-state index is 0.280. The van der Waals surface area contributed by atoms with Crippen molar-refractivity contribution in [1.82, 2.24) is 14.9 Å². The van der Waals surface area contributed by atoms with Gasteiger partial charge in [0, 0.05) is 23.5 Å². The molecule has 0 aliphatic rings. The number of aromatic amines is 1. The van der Waals surface area contributed by atoms with E-state index in [0.29, 0.717) is 16.8 Å².